The van der Waals surface area contributed by atoms with E-state index in [1.54, 1.807) is 13.3 Å². The Morgan fingerprint density at radius 3 is 2.76 bits per heavy atom. The fourth-order valence-electron chi connectivity index (χ4n) is 2.24. The van der Waals surface area contributed by atoms with Crippen LogP contribution >= 0.6 is 22.7 Å². The molecule has 2 heterocycles. The van der Waals surface area contributed by atoms with Gasteiger partial charge in [0.25, 0.3) is 0 Å². The molecule has 2 aromatic heterocycles. The van der Waals surface area contributed by atoms with Crippen LogP contribution in [0.1, 0.15) is 16.3 Å². The normalized spacial score (nSPS) is 11.2. The Morgan fingerprint density at radius 2 is 2.08 bits per heavy atom. The van der Waals surface area contributed by atoms with Gasteiger partial charge >= 0.3 is 0 Å². The van der Waals surface area contributed by atoms with Crippen LogP contribution in [0.4, 0.5) is 5.13 Å². The molecule has 3 aromatic rings. The van der Waals surface area contributed by atoms with Crippen LogP contribution in [0.3, 0.4) is 0 Å². The fourth-order valence-corrected chi connectivity index (χ4v) is 3.68. The summed E-state index contributed by atoms with van der Waals surface area (Å²) < 4.78 is 5.42. The van der Waals surface area contributed by atoms with Crippen molar-refractivity contribution >= 4 is 33.4 Å². The molecule has 0 fully saturated rings. The van der Waals surface area contributed by atoms with E-state index in [1.165, 1.54) is 22.7 Å². The summed E-state index contributed by atoms with van der Waals surface area (Å²) in [5, 5.41) is 17.7. The van der Waals surface area contributed by atoms with Gasteiger partial charge in [0.15, 0.2) is 5.13 Å². The molecule has 1 aromatic carbocycles. The lowest BCUT2D eigenvalue weighted by molar-refractivity contribution is 0.416. The van der Waals surface area contributed by atoms with E-state index >= 15 is 0 Å². The molecule has 0 aliphatic rings. The Balaban J connectivity index is 1.84. The quantitative estimate of drug-likeness (QED) is 0.651. The minimum Gasteiger partial charge on any atom is -0.496 e. The summed E-state index contributed by atoms with van der Waals surface area (Å²) in [5.41, 5.74) is 4.33. The minimum atomic E-state index is 0.489. The van der Waals surface area contributed by atoms with Gasteiger partial charge in [-0.05, 0) is 26.0 Å². The van der Waals surface area contributed by atoms with Crippen LogP contribution in [0.15, 0.2) is 35.2 Å². The molecule has 0 saturated heterocycles. The van der Waals surface area contributed by atoms with Gasteiger partial charge in [0.1, 0.15) is 22.4 Å². The van der Waals surface area contributed by atoms with Crippen LogP contribution in [0.5, 0.6) is 5.75 Å². The Kier molecular flexibility index (Phi) is 5.12. The molecule has 5 nitrogen and oxygen atoms in total. The van der Waals surface area contributed by atoms with Crippen molar-refractivity contribution in [1.82, 2.24) is 9.97 Å². The van der Waals surface area contributed by atoms with Crippen molar-refractivity contribution in [3.8, 4) is 23.1 Å². The van der Waals surface area contributed by atoms with Gasteiger partial charge < -0.3 is 10.1 Å². The zero-order chi connectivity index (χ0) is 17.8. The molecule has 3 rings (SSSR count). The fraction of sp³-hybridized carbons (Fsp3) is 0.167. The number of hydrogen-bond acceptors (Lipinski definition) is 7. The van der Waals surface area contributed by atoms with Gasteiger partial charge in [-0.25, -0.2) is 9.97 Å². The summed E-state index contributed by atoms with van der Waals surface area (Å²) in [6, 6.07) is 8.16. The first kappa shape index (κ1) is 17.1. The second kappa shape index (κ2) is 7.47. The molecule has 25 heavy (non-hydrogen) atoms. The number of nitrogens with one attached hydrogen (secondary N) is 1. The molecule has 0 aliphatic carbocycles. The molecule has 0 unspecified atom stereocenters. The van der Waals surface area contributed by atoms with Gasteiger partial charge in [0, 0.05) is 28.2 Å². The van der Waals surface area contributed by atoms with Crippen molar-refractivity contribution in [3.63, 3.8) is 0 Å². The van der Waals surface area contributed by atoms with Crippen LogP contribution in [0, 0.1) is 25.2 Å². The van der Waals surface area contributed by atoms with Gasteiger partial charge in [-0.2, -0.15) is 5.26 Å². The number of allylic oxidation sites excluding steroid dienone is 1. The van der Waals surface area contributed by atoms with Crippen molar-refractivity contribution in [2.24, 2.45) is 0 Å². The number of methoxy groups -OCH3 is 1. The van der Waals surface area contributed by atoms with E-state index < -0.39 is 0 Å². The number of nitriles is 1. The number of hydrogen-bond donors (Lipinski definition) is 1. The third kappa shape index (κ3) is 3.87. The maximum atomic E-state index is 9.32. The highest BCUT2D eigenvalue weighted by atomic mass is 32.1. The Labute approximate surface area is 154 Å². The number of aryl methyl sites for hydroxylation is 2. The summed E-state index contributed by atoms with van der Waals surface area (Å²) in [6.45, 7) is 3.94. The second-order valence-corrected chi connectivity index (χ2v) is 7.07. The summed E-state index contributed by atoms with van der Waals surface area (Å²) in [6.07, 6.45) is 1.65. The highest BCUT2D eigenvalue weighted by Crippen LogP contribution is 2.33. The van der Waals surface area contributed by atoms with Gasteiger partial charge in [0.2, 0.25) is 0 Å². The van der Waals surface area contributed by atoms with E-state index in [1.807, 2.05) is 42.8 Å². The van der Waals surface area contributed by atoms with Crippen LogP contribution in [-0.2, 0) is 0 Å². The van der Waals surface area contributed by atoms with Crippen molar-refractivity contribution in [2.75, 3.05) is 12.4 Å². The van der Waals surface area contributed by atoms with Crippen LogP contribution < -0.4 is 10.1 Å². The Hall–Kier alpha value is -2.69. The van der Waals surface area contributed by atoms with Gasteiger partial charge in [-0.1, -0.05) is 11.6 Å². The molecule has 0 atom stereocenters. The molecule has 0 aliphatic heterocycles. The van der Waals surface area contributed by atoms with E-state index in [2.05, 4.69) is 21.4 Å². The minimum absolute atomic E-state index is 0.489. The lowest BCUT2D eigenvalue weighted by Crippen LogP contribution is -1.92. The smallest absolute Gasteiger partial charge is 0.187 e. The molecule has 1 N–H and O–H groups in total. The number of nitrogens with zero attached hydrogens (tertiary/aromatic N) is 3. The van der Waals surface area contributed by atoms with E-state index in [9.17, 15) is 5.26 Å². The molecule has 0 amide bonds. The maximum Gasteiger partial charge on any atom is 0.187 e. The monoisotopic (exact) mass is 368 g/mol. The second-order valence-electron chi connectivity index (χ2n) is 5.35. The SMILES string of the molecule is COc1ccc(C)cc1-c1csc(N/C=C(\C#N)c2nc(C)cs2)n1. The van der Waals surface area contributed by atoms with Crippen molar-refractivity contribution in [2.45, 2.75) is 13.8 Å². The molecule has 0 radical (unpaired) electrons. The molecule has 0 saturated carbocycles. The van der Waals surface area contributed by atoms with Crippen molar-refractivity contribution < 1.29 is 4.74 Å². The number of anilines is 1. The van der Waals surface area contributed by atoms with Crippen molar-refractivity contribution in [1.29, 1.82) is 5.26 Å². The third-order valence-electron chi connectivity index (χ3n) is 3.44. The molecule has 7 heteroatoms. The lowest BCUT2D eigenvalue weighted by atomic mass is 10.1. The zero-order valence-electron chi connectivity index (χ0n) is 14.0. The highest BCUT2D eigenvalue weighted by molar-refractivity contribution is 7.14. The van der Waals surface area contributed by atoms with Crippen molar-refractivity contribution in [3.05, 3.63) is 51.4 Å². The standard InChI is InChI=1S/C18H16N4OS2/c1-11-4-5-16(23-3)14(6-11)15-10-25-18(22-15)20-8-13(7-19)17-21-12(2)9-24-17/h4-6,8-10H,1-3H3,(H,20,22)/b13-8+. The first-order valence-electron chi connectivity index (χ1n) is 7.50. The maximum absolute atomic E-state index is 9.32. The predicted molar refractivity (Wildman–Crippen MR) is 103 cm³/mol. The predicted octanol–water partition coefficient (Wildman–Crippen LogP) is 4.87. The number of aromatic nitrogens is 2. The Morgan fingerprint density at radius 1 is 1.24 bits per heavy atom. The third-order valence-corrected chi connectivity index (χ3v) is 5.21. The van der Waals surface area contributed by atoms with Gasteiger partial charge in [-0.3, -0.25) is 0 Å². The molecule has 0 bridgehead atoms. The molecular formula is C18H16N4OS2. The number of thiazole rings is 2. The molecule has 0 spiro atoms. The number of ether oxygens (including phenoxy) is 1. The molecular weight excluding hydrogens is 352 g/mol. The van der Waals surface area contributed by atoms with E-state index in [4.69, 9.17) is 4.74 Å². The van der Waals surface area contributed by atoms with E-state index in [0.29, 0.717) is 15.7 Å². The average Bonchev–Trinajstić information content (AvgIpc) is 3.25. The zero-order valence-corrected chi connectivity index (χ0v) is 15.7. The number of benzene rings is 1. The van der Waals surface area contributed by atoms with E-state index in [-0.39, 0.29) is 0 Å². The van der Waals surface area contributed by atoms with E-state index in [0.717, 1.165) is 28.3 Å². The summed E-state index contributed by atoms with van der Waals surface area (Å²) >= 11 is 2.92. The van der Waals surface area contributed by atoms with Gasteiger partial charge in [0.05, 0.1) is 12.8 Å². The first-order chi connectivity index (χ1) is 12.1. The highest BCUT2D eigenvalue weighted by Gasteiger charge is 2.11. The van der Waals surface area contributed by atoms with Crippen LogP contribution in [0.2, 0.25) is 0 Å². The summed E-state index contributed by atoms with van der Waals surface area (Å²) in [4.78, 5) is 8.93. The first-order valence-corrected chi connectivity index (χ1v) is 9.26. The topological polar surface area (TPSA) is 70.8 Å². The average molecular weight is 368 g/mol. The largest absolute Gasteiger partial charge is 0.496 e. The number of rotatable bonds is 5. The summed E-state index contributed by atoms with van der Waals surface area (Å²) in [5.74, 6) is 0.786. The molecule has 126 valence electrons. The van der Waals surface area contributed by atoms with Crippen LogP contribution in [-0.4, -0.2) is 17.1 Å². The van der Waals surface area contributed by atoms with Gasteiger partial charge in [-0.15, -0.1) is 22.7 Å². The summed E-state index contributed by atoms with van der Waals surface area (Å²) in [7, 11) is 1.65. The Bertz CT molecular complexity index is 966. The lowest BCUT2D eigenvalue weighted by Gasteiger charge is -2.06. The van der Waals surface area contributed by atoms with Crippen LogP contribution in [0.25, 0.3) is 16.8 Å².